The predicted octanol–water partition coefficient (Wildman–Crippen LogP) is 2.86. The minimum Gasteiger partial charge on any atom is -0.315 e. The molecule has 0 bridgehead atoms. The van der Waals surface area contributed by atoms with E-state index >= 15 is 0 Å². The summed E-state index contributed by atoms with van der Waals surface area (Å²) in [7, 11) is 0.508. The molecule has 0 aliphatic carbocycles. The molecular weight excluding hydrogens is 198 g/mol. The largest absolute Gasteiger partial charge is 0.315 e. The zero-order valence-electron chi connectivity index (χ0n) is 9.21. The van der Waals surface area contributed by atoms with Crippen LogP contribution in [0.4, 0.5) is 5.69 Å². The van der Waals surface area contributed by atoms with Crippen LogP contribution in [0.15, 0.2) is 30.3 Å². The van der Waals surface area contributed by atoms with Gasteiger partial charge in [-0.25, -0.2) is 0 Å². The first-order chi connectivity index (χ1) is 7.43. The lowest BCUT2D eigenvalue weighted by molar-refractivity contribution is 0.734. The highest BCUT2D eigenvalue weighted by Gasteiger charge is 1.96. The molecule has 1 aliphatic heterocycles. The Labute approximate surface area is 95.1 Å². The maximum Gasteiger partial charge on any atom is 0.0459 e. The third kappa shape index (κ3) is 5.98. The van der Waals surface area contributed by atoms with Gasteiger partial charge in [-0.05, 0) is 12.1 Å². The van der Waals surface area contributed by atoms with Gasteiger partial charge in [-0.15, -0.1) is 0 Å². The van der Waals surface area contributed by atoms with Crippen LogP contribution < -0.4 is 5.32 Å². The van der Waals surface area contributed by atoms with Gasteiger partial charge in [0, 0.05) is 21.3 Å². The van der Waals surface area contributed by atoms with Crippen molar-refractivity contribution < 1.29 is 0 Å². The molecule has 1 saturated heterocycles. The maximum absolute atomic E-state index is 5.00. The van der Waals surface area contributed by atoms with Crippen molar-refractivity contribution in [3.8, 4) is 12.5 Å². The average Bonchev–Trinajstić information content (AvgIpc) is 2.34. The van der Waals surface area contributed by atoms with E-state index in [4.69, 9.17) is 6.42 Å². The summed E-state index contributed by atoms with van der Waals surface area (Å²) in [5.74, 6) is 0. The van der Waals surface area contributed by atoms with Gasteiger partial charge in [-0.3, -0.25) is 0 Å². The normalized spacial score (nSPS) is 14.3. The second-order valence-electron chi connectivity index (χ2n) is 3.76. The van der Waals surface area contributed by atoms with E-state index in [9.17, 15) is 0 Å². The smallest absolute Gasteiger partial charge is 0.0459 e. The second kappa shape index (κ2) is 8.13. The van der Waals surface area contributed by atoms with Crippen LogP contribution >= 0.6 is 0 Å². The molecule has 0 spiro atoms. The summed E-state index contributed by atoms with van der Waals surface area (Å²) in [6.45, 7) is 0. The highest BCUT2D eigenvalue weighted by Crippen LogP contribution is 2.10. The number of terminal acetylenes is 1. The molecular formula is C13H19NSi. The van der Waals surface area contributed by atoms with Crippen LogP contribution in [0.5, 0.6) is 0 Å². The van der Waals surface area contributed by atoms with Crippen molar-refractivity contribution in [2.45, 2.75) is 31.4 Å². The number of hydrogen-bond donors (Lipinski definition) is 1. The lowest BCUT2D eigenvalue weighted by Gasteiger charge is -2.04. The summed E-state index contributed by atoms with van der Waals surface area (Å²) in [4.78, 5) is 0. The molecule has 0 atom stereocenters. The molecule has 0 saturated carbocycles. The average molecular weight is 217 g/mol. The number of hydrogen-bond acceptors (Lipinski definition) is 1. The number of nitrogens with one attached hydrogen (secondary N) is 1. The van der Waals surface area contributed by atoms with Gasteiger partial charge in [0.05, 0.1) is 0 Å². The van der Waals surface area contributed by atoms with Crippen molar-refractivity contribution in [3.05, 3.63) is 30.3 Å². The number of benzene rings is 1. The fraction of sp³-hybridized carbons (Fsp3) is 0.385. The Kier molecular flexibility index (Phi) is 6.44. The minimum absolute atomic E-state index is 0.508. The molecule has 2 heteroatoms. The molecule has 0 aromatic heterocycles. The molecule has 1 aromatic rings. The predicted molar refractivity (Wildman–Crippen MR) is 70.9 cm³/mol. The fourth-order valence-electron chi connectivity index (χ4n) is 1.67. The zero-order valence-corrected chi connectivity index (χ0v) is 10.6. The monoisotopic (exact) mass is 217 g/mol. The van der Waals surface area contributed by atoms with E-state index in [0.29, 0.717) is 9.52 Å². The van der Waals surface area contributed by atoms with Gasteiger partial charge in [0.25, 0.3) is 0 Å². The summed E-state index contributed by atoms with van der Waals surface area (Å²) in [5, 5.41) is 2.74. The lowest BCUT2D eigenvalue weighted by atomic mass is 10.3. The molecule has 1 N–H and O–H groups in total. The van der Waals surface area contributed by atoms with Crippen molar-refractivity contribution in [2.75, 3.05) is 5.32 Å². The number of anilines is 1. The molecule has 2 rings (SSSR count). The summed E-state index contributed by atoms with van der Waals surface area (Å²) >= 11 is 0. The van der Waals surface area contributed by atoms with Crippen molar-refractivity contribution in [1.29, 1.82) is 0 Å². The van der Waals surface area contributed by atoms with Crippen molar-refractivity contribution in [2.24, 2.45) is 0 Å². The van der Waals surface area contributed by atoms with Gasteiger partial charge < -0.3 is 5.32 Å². The van der Waals surface area contributed by atoms with Gasteiger partial charge >= 0.3 is 0 Å². The van der Waals surface area contributed by atoms with Crippen LogP contribution in [0.3, 0.4) is 0 Å². The van der Waals surface area contributed by atoms with Gasteiger partial charge in [-0.2, -0.15) is 0 Å². The molecule has 0 radical (unpaired) electrons. The third-order valence-corrected chi connectivity index (χ3v) is 4.49. The molecule has 1 aliphatic rings. The van der Waals surface area contributed by atoms with E-state index in [2.05, 4.69) is 11.4 Å². The first-order valence-corrected chi connectivity index (χ1v) is 7.70. The topological polar surface area (TPSA) is 12.0 Å². The summed E-state index contributed by atoms with van der Waals surface area (Å²) in [6, 6.07) is 15.3. The molecule has 0 unspecified atom stereocenters. The Morgan fingerprint density at radius 2 is 1.73 bits per heavy atom. The molecule has 15 heavy (non-hydrogen) atoms. The Bertz CT molecular complexity index is 274. The van der Waals surface area contributed by atoms with Crippen molar-refractivity contribution in [3.63, 3.8) is 0 Å². The summed E-state index contributed by atoms with van der Waals surface area (Å²) < 4.78 is 0. The molecule has 1 heterocycles. The van der Waals surface area contributed by atoms with Crippen LogP contribution in [-0.4, -0.2) is 9.52 Å². The van der Waals surface area contributed by atoms with Gasteiger partial charge in [0.1, 0.15) is 0 Å². The third-order valence-electron chi connectivity index (χ3n) is 2.49. The number of rotatable bonds is 1. The SMILES string of the molecule is C#CNc1ccccc1.C1CC[SiH2]CC1. The Hall–Kier alpha value is -1.20. The van der Waals surface area contributed by atoms with Gasteiger partial charge in [-0.1, -0.05) is 56.0 Å². The Morgan fingerprint density at radius 3 is 2.13 bits per heavy atom. The highest BCUT2D eigenvalue weighted by atomic mass is 28.2. The van der Waals surface area contributed by atoms with E-state index in [-0.39, 0.29) is 0 Å². The van der Waals surface area contributed by atoms with E-state index in [1.54, 1.807) is 24.9 Å². The van der Waals surface area contributed by atoms with Gasteiger partial charge in [0.15, 0.2) is 0 Å². The van der Waals surface area contributed by atoms with Crippen LogP contribution in [0.2, 0.25) is 12.1 Å². The van der Waals surface area contributed by atoms with Crippen molar-refractivity contribution in [1.82, 2.24) is 0 Å². The molecule has 1 nitrogen and oxygen atoms in total. The fourth-order valence-corrected chi connectivity index (χ4v) is 3.43. The summed E-state index contributed by atoms with van der Waals surface area (Å²) in [6.07, 6.45) is 9.66. The van der Waals surface area contributed by atoms with Gasteiger partial charge in [0.2, 0.25) is 0 Å². The van der Waals surface area contributed by atoms with Crippen molar-refractivity contribution >= 4 is 15.2 Å². The van der Waals surface area contributed by atoms with Crippen LogP contribution in [0.1, 0.15) is 19.3 Å². The standard InChI is InChI=1S/C8H7N.C5H12Si/c1-2-9-8-6-4-3-5-7-8;1-2-4-6-5-3-1/h1,3-7,9H;1-6H2. The Balaban J connectivity index is 0.000000162. The molecule has 80 valence electrons. The van der Waals surface area contributed by atoms with Crippen LogP contribution in [0, 0.1) is 12.5 Å². The minimum atomic E-state index is 0.508. The van der Waals surface area contributed by atoms with E-state index in [1.165, 1.54) is 6.42 Å². The van der Waals surface area contributed by atoms with E-state index < -0.39 is 0 Å². The van der Waals surface area contributed by atoms with Crippen LogP contribution in [-0.2, 0) is 0 Å². The zero-order chi connectivity index (χ0) is 10.8. The molecule has 1 aromatic carbocycles. The highest BCUT2D eigenvalue weighted by molar-refractivity contribution is 6.35. The first-order valence-electron chi connectivity index (χ1n) is 5.70. The number of para-hydroxylation sites is 1. The molecule has 0 amide bonds. The quantitative estimate of drug-likeness (QED) is 0.433. The second-order valence-corrected chi connectivity index (χ2v) is 5.88. The van der Waals surface area contributed by atoms with E-state index in [0.717, 1.165) is 5.69 Å². The van der Waals surface area contributed by atoms with E-state index in [1.807, 2.05) is 30.3 Å². The molecule has 1 fully saturated rings. The summed E-state index contributed by atoms with van der Waals surface area (Å²) in [5.41, 5.74) is 0.958. The first kappa shape index (κ1) is 11.9. The van der Waals surface area contributed by atoms with Crippen LogP contribution in [0.25, 0.3) is 0 Å². The maximum atomic E-state index is 5.00. The lowest BCUT2D eigenvalue weighted by Crippen LogP contribution is -1.94. The Morgan fingerprint density at radius 1 is 1.07 bits per heavy atom.